The van der Waals surface area contributed by atoms with Crippen molar-refractivity contribution in [1.29, 1.82) is 0 Å². The smallest absolute Gasteiger partial charge is 0.338 e. The molecule has 9 nitrogen and oxygen atoms in total. The largest absolute Gasteiger partial charge is 0.497 e. The lowest BCUT2D eigenvalue weighted by molar-refractivity contribution is 0.0318. The number of nitrogens with zero attached hydrogens (tertiary/aromatic N) is 2. The van der Waals surface area contributed by atoms with Gasteiger partial charge in [-0.05, 0) is 25.1 Å². The van der Waals surface area contributed by atoms with E-state index in [-0.39, 0.29) is 11.4 Å². The molecule has 0 aliphatic heterocycles. The van der Waals surface area contributed by atoms with E-state index in [9.17, 15) is 19.2 Å². The zero-order valence-corrected chi connectivity index (χ0v) is 14.8. The predicted molar refractivity (Wildman–Crippen MR) is 93.5 cm³/mol. The Labute approximate surface area is 148 Å². The molecule has 0 aliphatic carbocycles. The van der Waals surface area contributed by atoms with E-state index in [0.29, 0.717) is 5.75 Å². The number of Topliss-reactive ketones (excluding diaryl/α,β-unsaturated/α-hetero) is 1. The molecule has 138 valence electrons. The van der Waals surface area contributed by atoms with Gasteiger partial charge in [0, 0.05) is 14.1 Å². The number of hydrogen-bond acceptors (Lipinski definition) is 7. The third-order valence-electron chi connectivity index (χ3n) is 3.91. The summed E-state index contributed by atoms with van der Waals surface area (Å²) in [6.45, 7) is 1.32. The Hall–Kier alpha value is -3.36. The second-order valence-corrected chi connectivity index (χ2v) is 5.61. The molecule has 2 rings (SSSR count). The normalized spacial score (nSPS) is 11.7. The fourth-order valence-electron chi connectivity index (χ4n) is 2.33. The molecule has 0 radical (unpaired) electrons. The van der Waals surface area contributed by atoms with Crippen LogP contribution in [0.25, 0.3) is 0 Å². The minimum Gasteiger partial charge on any atom is -0.497 e. The number of nitrogens with two attached hydrogens (primary N) is 1. The van der Waals surface area contributed by atoms with E-state index < -0.39 is 34.7 Å². The highest BCUT2D eigenvalue weighted by atomic mass is 16.5. The number of ketones is 1. The van der Waals surface area contributed by atoms with Crippen molar-refractivity contribution in [2.45, 2.75) is 13.0 Å². The number of benzene rings is 1. The van der Waals surface area contributed by atoms with E-state index in [1.165, 1.54) is 40.3 Å². The van der Waals surface area contributed by atoms with Gasteiger partial charge in [0.2, 0.25) is 5.78 Å². The van der Waals surface area contributed by atoms with Gasteiger partial charge in [0.25, 0.3) is 5.56 Å². The molecule has 1 aromatic heterocycles. The number of aromatic nitrogens is 2. The van der Waals surface area contributed by atoms with E-state index in [0.717, 1.165) is 9.13 Å². The van der Waals surface area contributed by atoms with E-state index in [1.54, 1.807) is 12.1 Å². The number of anilines is 1. The van der Waals surface area contributed by atoms with Crippen LogP contribution in [0, 0.1) is 0 Å². The average molecular weight is 361 g/mol. The molecular weight excluding hydrogens is 342 g/mol. The van der Waals surface area contributed by atoms with Crippen molar-refractivity contribution >= 4 is 17.6 Å². The number of esters is 1. The highest BCUT2D eigenvalue weighted by molar-refractivity contribution is 6.04. The van der Waals surface area contributed by atoms with Gasteiger partial charge in [-0.25, -0.2) is 9.59 Å². The lowest BCUT2D eigenvalue weighted by Crippen LogP contribution is -2.43. The van der Waals surface area contributed by atoms with Crippen LogP contribution in [-0.4, -0.2) is 34.1 Å². The van der Waals surface area contributed by atoms with Crippen molar-refractivity contribution in [3.05, 3.63) is 56.2 Å². The molecule has 2 N–H and O–H groups in total. The lowest BCUT2D eigenvalue weighted by atomic mass is 10.1. The van der Waals surface area contributed by atoms with Crippen LogP contribution in [0.2, 0.25) is 0 Å². The van der Waals surface area contributed by atoms with Gasteiger partial charge in [-0.15, -0.1) is 0 Å². The summed E-state index contributed by atoms with van der Waals surface area (Å²) in [6.07, 6.45) is -1.28. The van der Waals surface area contributed by atoms with Crippen molar-refractivity contribution < 1.29 is 19.1 Å². The van der Waals surface area contributed by atoms with Gasteiger partial charge >= 0.3 is 11.7 Å². The second kappa shape index (κ2) is 7.26. The third-order valence-corrected chi connectivity index (χ3v) is 3.91. The van der Waals surface area contributed by atoms with Crippen molar-refractivity contribution in [2.24, 2.45) is 14.1 Å². The molecule has 0 saturated carbocycles. The minimum atomic E-state index is -1.28. The third kappa shape index (κ3) is 3.37. The minimum absolute atomic E-state index is 0.185. The summed E-state index contributed by atoms with van der Waals surface area (Å²) in [4.78, 5) is 48.9. The number of methoxy groups -OCH3 is 1. The van der Waals surface area contributed by atoms with E-state index in [1.807, 2.05) is 0 Å². The van der Waals surface area contributed by atoms with Crippen LogP contribution in [0.5, 0.6) is 5.75 Å². The highest BCUT2D eigenvalue weighted by Gasteiger charge is 2.27. The fourth-order valence-corrected chi connectivity index (χ4v) is 2.33. The van der Waals surface area contributed by atoms with Gasteiger partial charge in [0.1, 0.15) is 17.1 Å². The molecule has 1 atom stereocenters. The van der Waals surface area contributed by atoms with Crippen molar-refractivity contribution in [3.8, 4) is 5.75 Å². The molecule has 0 spiro atoms. The number of rotatable bonds is 5. The van der Waals surface area contributed by atoms with Gasteiger partial charge in [-0.3, -0.25) is 18.7 Å². The standard InChI is InChI=1S/C17H19N3O6/c1-9(26-16(23)10-6-5-7-11(8-10)25-4)13(21)12-14(18)19(2)17(24)20(3)15(12)22/h5-9H,18H2,1-4H3/t9-/m0/s1. The van der Waals surface area contributed by atoms with Gasteiger partial charge in [0.15, 0.2) is 6.10 Å². The average Bonchev–Trinajstić information content (AvgIpc) is 2.64. The summed E-state index contributed by atoms with van der Waals surface area (Å²) in [5.41, 5.74) is 4.02. The SMILES string of the molecule is COc1cccc(C(=O)O[C@@H](C)C(=O)c2c(N)n(C)c(=O)n(C)c2=O)c1. The Balaban J connectivity index is 2.32. The molecule has 1 heterocycles. The Kier molecular flexibility index (Phi) is 5.30. The Morgan fingerprint density at radius 1 is 1.15 bits per heavy atom. The van der Waals surface area contributed by atoms with Crippen molar-refractivity contribution in [1.82, 2.24) is 9.13 Å². The van der Waals surface area contributed by atoms with Gasteiger partial charge < -0.3 is 15.2 Å². The van der Waals surface area contributed by atoms with Crippen LogP contribution < -0.4 is 21.7 Å². The summed E-state index contributed by atoms with van der Waals surface area (Å²) in [5, 5.41) is 0. The van der Waals surface area contributed by atoms with Gasteiger partial charge in [-0.2, -0.15) is 0 Å². The van der Waals surface area contributed by atoms with Crippen LogP contribution in [0.1, 0.15) is 27.6 Å². The number of hydrogen-bond donors (Lipinski definition) is 1. The van der Waals surface area contributed by atoms with E-state index in [2.05, 4.69) is 0 Å². The molecule has 0 bridgehead atoms. The summed E-state index contributed by atoms with van der Waals surface area (Å²) in [5.74, 6) is -1.39. The maximum Gasteiger partial charge on any atom is 0.338 e. The first kappa shape index (κ1) is 19.0. The van der Waals surface area contributed by atoms with Crippen LogP contribution >= 0.6 is 0 Å². The topological polar surface area (TPSA) is 123 Å². The molecule has 2 aromatic rings. The van der Waals surface area contributed by atoms with E-state index >= 15 is 0 Å². The molecule has 0 unspecified atom stereocenters. The Bertz CT molecular complexity index is 989. The molecule has 0 saturated heterocycles. The molecule has 0 amide bonds. The summed E-state index contributed by atoms with van der Waals surface area (Å²) in [6, 6.07) is 6.21. The zero-order chi connectivity index (χ0) is 19.6. The predicted octanol–water partition coefficient (Wildman–Crippen LogP) is 0.103. The van der Waals surface area contributed by atoms with Gasteiger partial charge in [0.05, 0.1) is 12.7 Å². The number of carbonyl (C=O) groups is 2. The van der Waals surface area contributed by atoms with Crippen LogP contribution in [-0.2, 0) is 18.8 Å². The molecule has 9 heteroatoms. The quantitative estimate of drug-likeness (QED) is 0.592. The number of ether oxygens (including phenoxy) is 2. The number of nitrogen functional groups attached to an aromatic ring is 1. The summed E-state index contributed by atoms with van der Waals surface area (Å²) in [7, 11) is 4.02. The Morgan fingerprint density at radius 3 is 2.42 bits per heavy atom. The molecule has 0 aliphatic rings. The first-order valence-electron chi connectivity index (χ1n) is 7.63. The van der Waals surface area contributed by atoms with E-state index in [4.69, 9.17) is 15.2 Å². The summed E-state index contributed by atoms with van der Waals surface area (Å²) >= 11 is 0. The van der Waals surface area contributed by atoms with Crippen molar-refractivity contribution in [3.63, 3.8) is 0 Å². The summed E-state index contributed by atoms with van der Waals surface area (Å²) < 4.78 is 11.9. The zero-order valence-electron chi connectivity index (χ0n) is 14.8. The lowest BCUT2D eigenvalue weighted by Gasteiger charge is -2.15. The van der Waals surface area contributed by atoms with Gasteiger partial charge in [-0.1, -0.05) is 6.07 Å². The number of carbonyl (C=O) groups excluding carboxylic acids is 2. The maximum atomic E-state index is 12.6. The molecule has 1 aromatic carbocycles. The highest BCUT2D eigenvalue weighted by Crippen LogP contribution is 2.15. The Morgan fingerprint density at radius 2 is 1.81 bits per heavy atom. The maximum absolute atomic E-state index is 12.6. The van der Waals surface area contributed by atoms with Crippen molar-refractivity contribution in [2.75, 3.05) is 12.8 Å². The molecule has 26 heavy (non-hydrogen) atoms. The monoisotopic (exact) mass is 361 g/mol. The van der Waals surface area contributed by atoms with Crippen LogP contribution in [0.3, 0.4) is 0 Å². The first-order valence-corrected chi connectivity index (χ1v) is 7.63. The fraction of sp³-hybridized carbons (Fsp3) is 0.294. The molecular formula is C17H19N3O6. The second-order valence-electron chi connectivity index (χ2n) is 5.61. The van der Waals surface area contributed by atoms with Crippen LogP contribution in [0.4, 0.5) is 5.82 Å². The molecule has 0 fully saturated rings. The first-order chi connectivity index (χ1) is 12.2. The van der Waals surface area contributed by atoms with Crippen LogP contribution in [0.15, 0.2) is 33.9 Å².